The molecule has 0 aliphatic rings. The molecule has 0 radical (unpaired) electrons. The van der Waals surface area contributed by atoms with E-state index in [9.17, 15) is 0 Å². The van der Waals surface area contributed by atoms with Gasteiger partial charge in [0.2, 0.25) is 0 Å². The number of hydrogen-bond donors (Lipinski definition) is 0. The van der Waals surface area contributed by atoms with Gasteiger partial charge >= 0.3 is 18.9 Å². The van der Waals surface area contributed by atoms with Crippen LogP contribution >= 0.6 is 0 Å². The first-order chi connectivity index (χ1) is 10.5. The molecule has 4 heteroatoms. The van der Waals surface area contributed by atoms with Gasteiger partial charge in [0.15, 0.2) is 0 Å². The van der Waals surface area contributed by atoms with Crippen LogP contribution < -0.4 is 29.8 Å². The van der Waals surface area contributed by atoms with Crippen molar-refractivity contribution in [1.29, 1.82) is 0 Å². The van der Waals surface area contributed by atoms with Crippen LogP contribution in [0.5, 0.6) is 0 Å². The van der Waals surface area contributed by atoms with Crippen molar-refractivity contribution in [1.82, 2.24) is 9.80 Å². The van der Waals surface area contributed by atoms with E-state index in [4.69, 9.17) is 0 Å². The van der Waals surface area contributed by atoms with Gasteiger partial charge < -0.3 is 16.6 Å². The van der Waals surface area contributed by atoms with Crippen molar-refractivity contribution >= 4 is 17.6 Å². The summed E-state index contributed by atoms with van der Waals surface area (Å²) in [5.74, 6) is 0. The van der Waals surface area contributed by atoms with Crippen molar-refractivity contribution in [2.24, 2.45) is 0 Å². The van der Waals surface area contributed by atoms with Crippen LogP contribution in [0.1, 0.15) is 0 Å². The van der Waals surface area contributed by atoms with Crippen LogP contribution in [-0.2, 0) is 0 Å². The Morgan fingerprint density at radius 1 is 0.696 bits per heavy atom. The van der Waals surface area contributed by atoms with E-state index < -0.39 is 0 Å². The van der Waals surface area contributed by atoms with Crippen LogP contribution in [0.3, 0.4) is 0 Å². The maximum absolute atomic E-state index is 4.18. The molecule has 0 heterocycles. The van der Waals surface area contributed by atoms with Crippen LogP contribution in [0, 0.1) is 6.82 Å². The molecule has 0 amide bonds. The maximum atomic E-state index is 4.18. The number of hydrogen-bond acceptors (Lipinski definition) is 2. The van der Waals surface area contributed by atoms with Gasteiger partial charge in [-0.05, 0) is 28.2 Å². The van der Waals surface area contributed by atoms with Gasteiger partial charge in [-0.3, -0.25) is 0 Å². The standard InChI is InChI=1S/C13H12B.C6H16N2.Li/c1-14(12-8-4-2-5-9-12)13-10-6-3-7-11-13;1-7(2)5-6-8(3)4;/h2-11H,1H2;5-6H2,1-4H3;/q-1;;+1. The Bertz CT molecular complexity index is 456. The quantitative estimate of drug-likeness (QED) is 0.505. The van der Waals surface area contributed by atoms with Gasteiger partial charge in [0, 0.05) is 19.8 Å². The molecule has 0 N–H and O–H groups in total. The average molecular weight is 302 g/mol. The van der Waals surface area contributed by atoms with E-state index in [-0.39, 0.29) is 25.6 Å². The molecule has 0 saturated carbocycles. The van der Waals surface area contributed by atoms with Crippen molar-refractivity contribution in [3.05, 3.63) is 67.5 Å². The summed E-state index contributed by atoms with van der Waals surface area (Å²) < 4.78 is 0. The van der Waals surface area contributed by atoms with Crippen molar-refractivity contribution in [2.45, 2.75) is 0 Å². The summed E-state index contributed by atoms with van der Waals surface area (Å²) in [6.07, 6.45) is 0. The van der Waals surface area contributed by atoms with Crippen LogP contribution in [0.25, 0.3) is 0 Å². The predicted molar refractivity (Wildman–Crippen MR) is 100 cm³/mol. The van der Waals surface area contributed by atoms with E-state index in [2.05, 4.69) is 93.3 Å². The Morgan fingerprint density at radius 2 is 1.00 bits per heavy atom. The van der Waals surface area contributed by atoms with Crippen LogP contribution in [-0.4, -0.2) is 57.8 Å². The zero-order chi connectivity index (χ0) is 16.4. The molecule has 0 spiro atoms. The fourth-order valence-electron chi connectivity index (χ4n) is 1.96. The number of benzene rings is 2. The SMILES string of the molecule is CN(C)CCN(C)C.[CH2-]B(c1ccccc1)c1ccccc1.[Li+]. The minimum Gasteiger partial charge on any atom is -0.355 e. The fraction of sp³-hybridized carbons (Fsp3) is 0.316. The second kappa shape index (κ2) is 12.4. The normalized spacial score (nSPS) is 9.87. The van der Waals surface area contributed by atoms with Crippen LogP contribution in [0.15, 0.2) is 60.7 Å². The second-order valence-corrected chi connectivity index (χ2v) is 5.98. The monoisotopic (exact) mass is 302 g/mol. The molecule has 2 aromatic rings. The molecule has 23 heavy (non-hydrogen) atoms. The Balaban J connectivity index is 0.000000469. The summed E-state index contributed by atoms with van der Waals surface area (Å²) in [7, 11) is 8.35. The summed E-state index contributed by atoms with van der Waals surface area (Å²) >= 11 is 0. The Labute approximate surface area is 155 Å². The van der Waals surface area contributed by atoms with Gasteiger partial charge in [0.1, 0.15) is 0 Å². The second-order valence-electron chi connectivity index (χ2n) is 5.98. The van der Waals surface area contributed by atoms with Gasteiger partial charge in [-0.2, -0.15) is 0 Å². The van der Waals surface area contributed by atoms with E-state index in [1.807, 2.05) is 12.1 Å². The third-order valence-electron chi connectivity index (χ3n) is 3.40. The van der Waals surface area contributed by atoms with Crippen molar-refractivity contribution in [3.63, 3.8) is 0 Å². The molecule has 118 valence electrons. The smallest absolute Gasteiger partial charge is 0.355 e. The molecule has 0 aromatic heterocycles. The summed E-state index contributed by atoms with van der Waals surface area (Å²) in [5.41, 5.74) is 2.53. The number of nitrogens with zero attached hydrogens (tertiary/aromatic N) is 2. The van der Waals surface area contributed by atoms with E-state index in [0.717, 1.165) is 13.1 Å². The first kappa shape index (κ1) is 22.0. The Hall–Kier alpha value is -0.978. The molecular weight excluding hydrogens is 274 g/mol. The van der Waals surface area contributed by atoms with E-state index >= 15 is 0 Å². The molecule has 0 atom stereocenters. The topological polar surface area (TPSA) is 6.48 Å². The minimum absolute atomic E-state index is 0. The Kier molecular flexibility index (Phi) is 11.9. The molecule has 2 aromatic carbocycles. The Morgan fingerprint density at radius 3 is 1.26 bits per heavy atom. The molecule has 0 aliphatic heterocycles. The molecule has 0 saturated heterocycles. The van der Waals surface area contributed by atoms with Gasteiger partial charge in [-0.1, -0.05) is 60.7 Å². The third-order valence-corrected chi connectivity index (χ3v) is 3.40. The zero-order valence-corrected chi connectivity index (χ0v) is 15.4. The first-order valence-corrected chi connectivity index (χ1v) is 7.73. The molecule has 2 nitrogen and oxygen atoms in total. The summed E-state index contributed by atoms with van der Waals surface area (Å²) in [6.45, 7) is 6.70. The first-order valence-electron chi connectivity index (χ1n) is 7.73. The van der Waals surface area contributed by atoms with Crippen molar-refractivity contribution < 1.29 is 18.9 Å². The predicted octanol–water partition coefficient (Wildman–Crippen LogP) is -1.22. The third kappa shape index (κ3) is 9.69. The summed E-state index contributed by atoms with van der Waals surface area (Å²) in [4.78, 5) is 4.36. The van der Waals surface area contributed by atoms with Crippen molar-refractivity contribution in [2.75, 3.05) is 41.3 Å². The van der Waals surface area contributed by atoms with E-state index in [1.54, 1.807) is 0 Å². The zero-order valence-electron chi connectivity index (χ0n) is 15.4. The molecule has 0 bridgehead atoms. The van der Waals surface area contributed by atoms with Gasteiger partial charge in [0.25, 0.3) is 0 Å². The fourth-order valence-corrected chi connectivity index (χ4v) is 1.96. The van der Waals surface area contributed by atoms with E-state index in [1.165, 1.54) is 10.9 Å². The van der Waals surface area contributed by atoms with Crippen LogP contribution in [0.2, 0.25) is 0 Å². The molecule has 0 unspecified atom stereocenters. The largest absolute Gasteiger partial charge is 1.00 e. The molecule has 0 aliphatic carbocycles. The number of likely N-dealkylation sites (N-methyl/N-ethyl adjacent to an activating group) is 2. The summed E-state index contributed by atoms with van der Waals surface area (Å²) in [6, 6.07) is 20.7. The van der Waals surface area contributed by atoms with Gasteiger partial charge in [-0.25, -0.2) is 0 Å². The van der Waals surface area contributed by atoms with E-state index in [0.29, 0.717) is 0 Å². The summed E-state index contributed by atoms with van der Waals surface area (Å²) in [5, 5.41) is 0. The minimum atomic E-state index is 0. The van der Waals surface area contributed by atoms with Crippen molar-refractivity contribution in [3.8, 4) is 0 Å². The van der Waals surface area contributed by atoms with Crippen LogP contribution in [0.4, 0.5) is 0 Å². The van der Waals surface area contributed by atoms with Gasteiger partial charge in [-0.15, -0.1) is 10.9 Å². The maximum Gasteiger partial charge on any atom is 1.00 e. The molecule has 2 rings (SSSR count). The number of rotatable bonds is 5. The average Bonchev–Trinajstić information content (AvgIpc) is 2.54. The van der Waals surface area contributed by atoms with Gasteiger partial charge in [0.05, 0.1) is 0 Å². The molecule has 0 fully saturated rings. The molecular formula is C19H28BLiN2.